The Hall–Kier alpha value is -0.500. The molecule has 13 heavy (non-hydrogen) atoms. The summed E-state index contributed by atoms with van der Waals surface area (Å²) in [6.45, 7) is 4.40. The SMILES string of the molecule is C=CCCCCNC(=O)CCCCl. The number of hydrogen-bond donors (Lipinski definition) is 1. The van der Waals surface area contributed by atoms with Gasteiger partial charge in [-0.3, -0.25) is 4.79 Å². The maximum Gasteiger partial charge on any atom is 0.220 e. The molecule has 1 amide bonds. The molecule has 0 aromatic rings. The second kappa shape index (κ2) is 9.59. The van der Waals surface area contributed by atoms with Crippen LogP contribution in [-0.4, -0.2) is 18.3 Å². The van der Waals surface area contributed by atoms with Crippen molar-refractivity contribution < 1.29 is 4.79 Å². The Bertz CT molecular complexity index is 148. The van der Waals surface area contributed by atoms with E-state index in [4.69, 9.17) is 11.6 Å². The smallest absolute Gasteiger partial charge is 0.220 e. The Morgan fingerprint density at radius 3 is 2.77 bits per heavy atom. The topological polar surface area (TPSA) is 29.1 Å². The third kappa shape index (κ3) is 9.41. The molecule has 0 unspecified atom stereocenters. The number of allylic oxidation sites excluding steroid dienone is 1. The molecule has 0 fully saturated rings. The van der Waals surface area contributed by atoms with Crippen molar-refractivity contribution in [2.75, 3.05) is 12.4 Å². The first-order valence-electron chi connectivity index (χ1n) is 4.74. The molecule has 0 saturated carbocycles. The lowest BCUT2D eigenvalue weighted by atomic mass is 10.2. The highest BCUT2D eigenvalue weighted by molar-refractivity contribution is 6.17. The van der Waals surface area contributed by atoms with Gasteiger partial charge in [-0.05, 0) is 25.7 Å². The maximum absolute atomic E-state index is 11.0. The van der Waals surface area contributed by atoms with Gasteiger partial charge in [0.05, 0.1) is 0 Å². The molecule has 0 radical (unpaired) electrons. The molecule has 0 aromatic carbocycles. The summed E-state index contributed by atoms with van der Waals surface area (Å²) < 4.78 is 0. The van der Waals surface area contributed by atoms with E-state index in [0.29, 0.717) is 12.3 Å². The molecule has 0 spiro atoms. The number of carbonyl (C=O) groups excluding carboxylic acids is 1. The van der Waals surface area contributed by atoms with E-state index in [9.17, 15) is 4.79 Å². The van der Waals surface area contributed by atoms with Gasteiger partial charge in [0.2, 0.25) is 5.91 Å². The summed E-state index contributed by atoms with van der Waals surface area (Å²) in [6.07, 6.45) is 6.36. The van der Waals surface area contributed by atoms with Gasteiger partial charge in [-0.1, -0.05) is 6.08 Å². The van der Waals surface area contributed by atoms with Crippen LogP contribution in [0.1, 0.15) is 32.1 Å². The lowest BCUT2D eigenvalue weighted by Crippen LogP contribution is -2.24. The molecular formula is C10H18ClNO. The lowest BCUT2D eigenvalue weighted by molar-refractivity contribution is -0.121. The second-order valence-corrected chi connectivity index (χ2v) is 3.30. The van der Waals surface area contributed by atoms with E-state index < -0.39 is 0 Å². The molecular weight excluding hydrogens is 186 g/mol. The second-order valence-electron chi connectivity index (χ2n) is 2.93. The van der Waals surface area contributed by atoms with Crippen LogP contribution in [0.3, 0.4) is 0 Å². The Balaban J connectivity index is 3.12. The third-order valence-electron chi connectivity index (χ3n) is 1.69. The Morgan fingerprint density at radius 1 is 1.38 bits per heavy atom. The average molecular weight is 204 g/mol. The average Bonchev–Trinajstić information content (AvgIpc) is 2.14. The van der Waals surface area contributed by atoms with Crippen molar-refractivity contribution in [3.63, 3.8) is 0 Å². The summed E-state index contributed by atoms with van der Waals surface area (Å²) in [5.41, 5.74) is 0. The molecule has 2 nitrogen and oxygen atoms in total. The van der Waals surface area contributed by atoms with Crippen LogP contribution in [0, 0.1) is 0 Å². The van der Waals surface area contributed by atoms with Crippen molar-refractivity contribution in [3.05, 3.63) is 12.7 Å². The number of nitrogens with one attached hydrogen (secondary N) is 1. The molecule has 0 bridgehead atoms. The molecule has 0 aliphatic heterocycles. The van der Waals surface area contributed by atoms with Gasteiger partial charge in [-0.2, -0.15) is 0 Å². The van der Waals surface area contributed by atoms with Gasteiger partial charge in [-0.25, -0.2) is 0 Å². The fourth-order valence-electron chi connectivity index (χ4n) is 0.957. The van der Waals surface area contributed by atoms with Crippen LogP contribution in [0.25, 0.3) is 0 Å². The highest BCUT2D eigenvalue weighted by Crippen LogP contribution is 1.95. The zero-order valence-corrected chi connectivity index (χ0v) is 8.78. The minimum Gasteiger partial charge on any atom is -0.356 e. The van der Waals surface area contributed by atoms with Gasteiger partial charge in [0, 0.05) is 18.8 Å². The molecule has 0 aliphatic rings. The Kier molecular flexibility index (Phi) is 9.22. The van der Waals surface area contributed by atoms with E-state index in [2.05, 4.69) is 11.9 Å². The van der Waals surface area contributed by atoms with Gasteiger partial charge in [0.15, 0.2) is 0 Å². The first kappa shape index (κ1) is 12.5. The van der Waals surface area contributed by atoms with Crippen molar-refractivity contribution in [2.45, 2.75) is 32.1 Å². The van der Waals surface area contributed by atoms with E-state index in [0.717, 1.165) is 32.2 Å². The van der Waals surface area contributed by atoms with Gasteiger partial charge in [-0.15, -0.1) is 18.2 Å². The zero-order chi connectivity index (χ0) is 9.94. The van der Waals surface area contributed by atoms with Crippen LogP contribution in [0.15, 0.2) is 12.7 Å². The standard InChI is InChI=1S/C10H18ClNO/c1-2-3-4-5-9-12-10(13)7-6-8-11/h2H,1,3-9H2,(H,12,13). The summed E-state index contributed by atoms with van der Waals surface area (Å²) in [5.74, 6) is 0.670. The van der Waals surface area contributed by atoms with Crippen molar-refractivity contribution >= 4 is 17.5 Å². The molecule has 76 valence electrons. The predicted octanol–water partition coefficient (Wildman–Crippen LogP) is 2.48. The first-order valence-corrected chi connectivity index (χ1v) is 5.28. The summed E-state index contributed by atoms with van der Waals surface area (Å²) in [5, 5.41) is 2.84. The normalized spacial score (nSPS) is 9.62. The molecule has 0 rings (SSSR count). The summed E-state index contributed by atoms with van der Waals surface area (Å²) in [4.78, 5) is 11.0. The van der Waals surface area contributed by atoms with Crippen molar-refractivity contribution in [3.8, 4) is 0 Å². The maximum atomic E-state index is 11.0. The highest BCUT2D eigenvalue weighted by Gasteiger charge is 1.98. The number of carbonyl (C=O) groups is 1. The van der Waals surface area contributed by atoms with Gasteiger partial charge < -0.3 is 5.32 Å². The van der Waals surface area contributed by atoms with Gasteiger partial charge in [0.1, 0.15) is 0 Å². The minimum absolute atomic E-state index is 0.110. The minimum atomic E-state index is 0.110. The molecule has 1 N–H and O–H groups in total. The van der Waals surface area contributed by atoms with Crippen LogP contribution in [0.4, 0.5) is 0 Å². The first-order chi connectivity index (χ1) is 6.31. The number of hydrogen-bond acceptors (Lipinski definition) is 1. The monoisotopic (exact) mass is 203 g/mol. The van der Waals surface area contributed by atoms with Crippen LogP contribution in [-0.2, 0) is 4.79 Å². The van der Waals surface area contributed by atoms with E-state index in [-0.39, 0.29) is 5.91 Å². The summed E-state index contributed by atoms with van der Waals surface area (Å²) in [6, 6.07) is 0. The zero-order valence-electron chi connectivity index (χ0n) is 8.02. The summed E-state index contributed by atoms with van der Waals surface area (Å²) in [7, 11) is 0. The van der Waals surface area contributed by atoms with E-state index in [1.54, 1.807) is 0 Å². The largest absolute Gasteiger partial charge is 0.356 e. The molecule has 0 aromatic heterocycles. The van der Waals surface area contributed by atoms with E-state index >= 15 is 0 Å². The fraction of sp³-hybridized carbons (Fsp3) is 0.700. The number of halogens is 1. The quantitative estimate of drug-likeness (QED) is 0.367. The Labute approximate surface area is 85.3 Å². The number of amides is 1. The van der Waals surface area contributed by atoms with Crippen LogP contribution < -0.4 is 5.32 Å². The van der Waals surface area contributed by atoms with Crippen molar-refractivity contribution in [2.24, 2.45) is 0 Å². The van der Waals surface area contributed by atoms with Crippen LogP contribution in [0.2, 0.25) is 0 Å². The number of alkyl halides is 1. The fourth-order valence-corrected chi connectivity index (χ4v) is 1.09. The van der Waals surface area contributed by atoms with E-state index in [1.807, 2.05) is 6.08 Å². The number of unbranched alkanes of at least 4 members (excludes halogenated alkanes) is 2. The third-order valence-corrected chi connectivity index (χ3v) is 1.96. The predicted molar refractivity (Wildman–Crippen MR) is 57.0 cm³/mol. The summed E-state index contributed by atoms with van der Waals surface area (Å²) >= 11 is 5.46. The molecule has 0 saturated heterocycles. The van der Waals surface area contributed by atoms with Crippen molar-refractivity contribution in [1.82, 2.24) is 5.32 Å². The molecule has 0 aliphatic carbocycles. The molecule has 0 atom stereocenters. The molecule has 3 heteroatoms. The molecule has 0 heterocycles. The van der Waals surface area contributed by atoms with Gasteiger partial charge >= 0.3 is 0 Å². The Morgan fingerprint density at radius 2 is 2.15 bits per heavy atom. The van der Waals surface area contributed by atoms with E-state index in [1.165, 1.54) is 0 Å². The number of rotatable bonds is 8. The lowest BCUT2D eigenvalue weighted by Gasteiger charge is -2.02. The highest BCUT2D eigenvalue weighted by atomic mass is 35.5. The van der Waals surface area contributed by atoms with Gasteiger partial charge in [0.25, 0.3) is 0 Å². The van der Waals surface area contributed by atoms with Crippen LogP contribution >= 0.6 is 11.6 Å². The van der Waals surface area contributed by atoms with Crippen LogP contribution in [0.5, 0.6) is 0 Å². The van der Waals surface area contributed by atoms with Crippen molar-refractivity contribution in [1.29, 1.82) is 0 Å².